The number of rotatable bonds is 2. The minimum atomic E-state index is -0.251. The highest BCUT2D eigenvalue weighted by molar-refractivity contribution is 6.04. The van der Waals surface area contributed by atoms with Gasteiger partial charge in [-0.05, 0) is 35.7 Å². The molecule has 3 heteroatoms. The van der Waals surface area contributed by atoms with Crippen LogP contribution in [0, 0.1) is 5.82 Å². The van der Waals surface area contributed by atoms with Gasteiger partial charge >= 0.3 is 0 Å². The lowest BCUT2D eigenvalue weighted by atomic mass is 9.93. The van der Waals surface area contributed by atoms with E-state index < -0.39 is 0 Å². The maximum atomic E-state index is 12.9. The zero-order valence-corrected chi connectivity index (χ0v) is 10.6. The van der Waals surface area contributed by atoms with Crippen molar-refractivity contribution in [1.29, 1.82) is 0 Å². The van der Waals surface area contributed by atoms with Gasteiger partial charge in [-0.15, -0.1) is 0 Å². The Kier molecular flexibility index (Phi) is 2.82. The second-order valence-corrected chi connectivity index (χ2v) is 4.84. The molecule has 0 bridgehead atoms. The van der Waals surface area contributed by atoms with Gasteiger partial charge in [0.05, 0.1) is 5.92 Å². The van der Waals surface area contributed by atoms with Crippen molar-refractivity contribution in [3.8, 4) is 0 Å². The van der Waals surface area contributed by atoms with E-state index in [9.17, 15) is 9.18 Å². The maximum Gasteiger partial charge on any atom is 0.234 e. The summed E-state index contributed by atoms with van der Waals surface area (Å²) in [6.45, 7) is 0. The molecule has 1 atom stereocenters. The van der Waals surface area contributed by atoms with Crippen molar-refractivity contribution >= 4 is 11.6 Å². The minimum Gasteiger partial charge on any atom is -0.315 e. The number of carbonyl (C=O) groups excluding carboxylic acids is 1. The normalized spacial score (nSPS) is 17.7. The lowest BCUT2D eigenvalue weighted by Gasteiger charge is -2.11. The van der Waals surface area contributed by atoms with Crippen molar-refractivity contribution in [2.75, 3.05) is 11.9 Å². The monoisotopic (exact) mass is 255 g/mol. The molecule has 96 valence electrons. The lowest BCUT2D eigenvalue weighted by Crippen LogP contribution is -2.24. The van der Waals surface area contributed by atoms with Crippen LogP contribution in [0.3, 0.4) is 0 Å². The quantitative estimate of drug-likeness (QED) is 0.807. The Balaban J connectivity index is 1.93. The minimum absolute atomic E-state index is 0.102. The molecule has 0 aromatic heterocycles. The number of likely N-dealkylation sites (N-methyl/N-ethyl adjacent to an activating group) is 1. The van der Waals surface area contributed by atoms with Crippen molar-refractivity contribution in [2.24, 2.45) is 0 Å². The van der Waals surface area contributed by atoms with Crippen LogP contribution >= 0.6 is 0 Å². The molecule has 2 aromatic carbocycles. The van der Waals surface area contributed by atoms with Crippen molar-refractivity contribution in [2.45, 2.75) is 12.3 Å². The predicted octanol–water partition coefficient (Wildman–Crippen LogP) is 3.13. The van der Waals surface area contributed by atoms with E-state index >= 15 is 0 Å². The fraction of sp³-hybridized carbons (Fsp3) is 0.188. The second-order valence-electron chi connectivity index (χ2n) is 4.84. The van der Waals surface area contributed by atoms with Crippen LogP contribution in [0.15, 0.2) is 48.5 Å². The van der Waals surface area contributed by atoms with Crippen LogP contribution in [0.4, 0.5) is 10.1 Å². The Morgan fingerprint density at radius 1 is 1.11 bits per heavy atom. The van der Waals surface area contributed by atoms with Gasteiger partial charge in [0.1, 0.15) is 5.82 Å². The zero-order valence-electron chi connectivity index (χ0n) is 10.6. The van der Waals surface area contributed by atoms with E-state index in [1.807, 2.05) is 24.3 Å². The van der Waals surface area contributed by atoms with Gasteiger partial charge < -0.3 is 4.90 Å². The van der Waals surface area contributed by atoms with Gasteiger partial charge in [-0.3, -0.25) is 4.79 Å². The van der Waals surface area contributed by atoms with Gasteiger partial charge in [0.15, 0.2) is 0 Å². The summed E-state index contributed by atoms with van der Waals surface area (Å²) >= 11 is 0. The van der Waals surface area contributed by atoms with E-state index in [2.05, 4.69) is 0 Å². The zero-order chi connectivity index (χ0) is 13.4. The fourth-order valence-corrected chi connectivity index (χ4v) is 2.63. The molecule has 0 aliphatic carbocycles. The second kappa shape index (κ2) is 4.50. The van der Waals surface area contributed by atoms with Gasteiger partial charge in [-0.2, -0.15) is 0 Å². The topological polar surface area (TPSA) is 20.3 Å². The molecule has 0 unspecified atom stereocenters. The van der Waals surface area contributed by atoms with Crippen molar-refractivity contribution in [3.63, 3.8) is 0 Å². The van der Waals surface area contributed by atoms with Crippen molar-refractivity contribution in [1.82, 2.24) is 0 Å². The molecule has 0 N–H and O–H groups in total. The van der Waals surface area contributed by atoms with Crippen LogP contribution in [-0.4, -0.2) is 13.0 Å². The number of anilines is 1. The summed E-state index contributed by atoms with van der Waals surface area (Å²) in [4.78, 5) is 14.0. The number of carbonyl (C=O) groups is 1. The number of amides is 1. The van der Waals surface area contributed by atoms with Crippen LogP contribution in [0.25, 0.3) is 0 Å². The molecule has 0 saturated carbocycles. The molecule has 1 heterocycles. The Morgan fingerprint density at radius 3 is 2.53 bits per heavy atom. The van der Waals surface area contributed by atoms with E-state index in [-0.39, 0.29) is 17.6 Å². The highest BCUT2D eigenvalue weighted by Gasteiger charge is 2.34. The van der Waals surface area contributed by atoms with Crippen molar-refractivity contribution < 1.29 is 9.18 Å². The third kappa shape index (κ3) is 2.01. The average molecular weight is 255 g/mol. The molecule has 1 amide bonds. The summed E-state index contributed by atoms with van der Waals surface area (Å²) in [5, 5.41) is 0. The Hall–Kier alpha value is -2.16. The molecule has 1 aliphatic heterocycles. The van der Waals surface area contributed by atoms with Crippen LogP contribution < -0.4 is 4.90 Å². The molecular weight excluding hydrogens is 241 g/mol. The lowest BCUT2D eigenvalue weighted by molar-refractivity contribution is -0.119. The predicted molar refractivity (Wildman–Crippen MR) is 72.7 cm³/mol. The first-order valence-corrected chi connectivity index (χ1v) is 6.28. The van der Waals surface area contributed by atoms with Gasteiger partial charge in [0, 0.05) is 12.7 Å². The van der Waals surface area contributed by atoms with Gasteiger partial charge in [0.2, 0.25) is 5.91 Å². The van der Waals surface area contributed by atoms with Crippen molar-refractivity contribution in [3.05, 3.63) is 65.5 Å². The molecule has 2 nitrogen and oxygen atoms in total. The summed E-state index contributed by atoms with van der Waals surface area (Å²) < 4.78 is 12.9. The standard InChI is InChI=1S/C16H14FNO/c1-18-15-5-3-2-4-13(15)14(16(18)19)10-11-6-8-12(17)9-7-11/h2-9,14H,10H2,1H3/t14-/m0/s1. The van der Waals surface area contributed by atoms with Crippen LogP contribution in [-0.2, 0) is 11.2 Å². The number of benzene rings is 2. The highest BCUT2D eigenvalue weighted by Crippen LogP contribution is 2.37. The largest absolute Gasteiger partial charge is 0.315 e. The number of hydrogen-bond acceptors (Lipinski definition) is 1. The average Bonchev–Trinajstić information content (AvgIpc) is 2.67. The van der Waals surface area contributed by atoms with Crippen LogP contribution in [0.2, 0.25) is 0 Å². The molecule has 19 heavy (non-hydrogen) atoms. The van der Waals surface area contributed by atoms with Gasteiger partial charge in [0.25, 0.3) is 0 Å². The molecule has 0 fully saturated rings. The number of fused-ring (bicyclic) bond motifs is 1. The molecule has 1 aliphatic rings. The van der Waals surface area contributed by atoms with E-state index in [0.29, 0.717) is 6.42 Å². The number of hydrogen-bond donors (Lipinski definition) is 0. The Labute approximate surface area is 111 Å². The highest BCUT2D eigenvalue weighted by atomic mass is 19.1. The summed E-state index contributed by atoms with van der Waals surface area (Å²) in [6, 6.07) is 14.2. The third-order valence-electron chi connectivity index (χ3n) is 3.66. The van der Waals surface area contributed by atoms with Crippen LogP contribution in [0.1, 0.15) is 17.0 Å². The molecule has 0 radical (unpaired) electrons. The number of halogens is 1. The van der Waals surface area contributed by atoms with Crippen LogP contribution in [0.5, 0.6) is 0 Å². The fourth-order valence-electron chi connectivity index (χ4n) is 2.63. The molecular formula is C16H14FNO. The summed E-state index contributed by atoms with van der Waals surface area (Å²) in [7, 11) is 1.80. The first kappa shape index (κ1) is 11.9. The molecule has 3 rings (SSSR count). The number of nitrogens with zero attached hydrogens (tertiary/aromatic N) is 1. The summed E-state index contributed by atoms with van der Waals surface area (Å²) in [5.74, 6) is -0.309. The van der Waals surface area contributed by atoms with Gasteiger partial charge in [-0.25, -0.2) is 4.39 Å². The maximum absolute atomic E-state index is 12.9. The van der Waals surface area contributed by atoms with E-state index in [4.69, 9.17) is 0 Å². The summed E-state index contributed by atoms with van der Waals surface area (Å²) in [6.07, 6.45) is 0.612. The SMILES string of the molecule is CN1C(=O)[C@@H](Cc2ccc(F)cc2)c2ccccc21. The van der Waals surface area contributed by atoms with Gasteiger partial charge in [-0.1, -0.05) is 30.3 Å². The smallest absolute Gasteiger partial charge is 0.234 e. The summed E-state index contributed by atoms with van der Waals surface area (Å²) in [5.41, 5.74) is 3.00. The third-order valence-corrected chi connectivity index (χ3v) is 3.66. The first-order chi connectivity index (χ1) is 9.16. The molecule has 2 aromatic rings. The van der Waals surface area contributed by atoms with E-state index in [1.165, 1.54) is 12.1 Å². The Morgan fingerprint density at radius 2 is 1.79 bits per heavy atom. The molecule has 0 spiro atoms. The Bertz CT molecular complexity index is 621. The molecule has 0 saturated heterocycles. The van der Waals surface area contributed by atoms with E-state index in [1.54, 1.807) is 24.1 Å². The number of para-hydroxylation sites is 1. The first-order valence-electron chi connectivity index (χ1n) is 6.28. The van der Waals surface area contributed by atoms with E-state index in [0.717, 1.165) is 16.8 Å².